The van der Waals surface area contributed by atoms with Crippen LogP contribution in [0.4, 0.5) is 21.9 Å². The second-order valence-electron chi connectivity index (χ2n) is 6.35. The van der Waals surface area contributed by atoms with E-state index in [1.807, 2.05) is 19.1 Å². The highest BCUT2D eigenvalue weighted by molar-refractivity contribution is 6.31. The van der Waals surface area contributed by atoms with Crippen LogP contribution >= 0.6 is 11.6 Å². The Labute approximate surface area is 177 Å². The first-order chi connectivity index (χ1) is 14.4. The summed E-state index contributed by atoms with van der Waals surface area (Å²) in [6.45, 7) is 1.64. The van der Waals surface area contributed by atoms with E-state index in [-0.39, 0.29) is 12.3 Å². The molecular weight excluding hydrogens is 408 g/mol. The molecule has 0 radical (unpaired) electrons. The minimum Gasteiger partial charge on any atom is -0.459 e. The molecule has 1 aromatic heterocycles. The first-order valence-corrected chi connectivity index (χ1v) is 9.34. The van der Waals surface area contributed by atoms with Crippen LogP contribution in [0.5, 0.6) is 0 Å². The van der Waals surface area contributed by atoms with E-state index in [1.165, 1.54) is 18.4 Å². The van der Waals surface area contributed by atoms with E-state index in [4.69, 9.17) is 16.0 Å². The summed E-state index contributed by atoms with van der Waals surface area (Å²) in [5, 5.41) is 10.8. The number of carbonyl (C=O) groups excluding carboxylic acids is 3. The van der Waals surface area contributed by atoms with Gasteiger partial charge in [0.1, 0.15) is 0 Å². The van der Waals surface area contributed by atoms with Gasteiger partial charge < -0.3 is 25.7 Å². The number of rotatable bonds is 6. The molecule has 30 heavy (non-hydrogen) atoms. The van der Waals surface area contributed by atoms with Gasteiger partial charge in [-0.25, -0.2) is 4.79 Å². The molecule has 0 unspecified atom stereocenters. The topological polar surface area (TPSA) is 112 Å². The van der Waals surface area contributed by atoms with Crippen molar-refractivity contribution in [2.45, 2.75) is 6.92 Å². The van der Waals surface area contributed by atoms with Gasteiger partial charge in [0.2, 0.25) is 5.91 Å². The van der Waals surface area contributed by atoms with Gasteiger partial charge in [-0.15, -0.1) is 0 Å². The molecule has 2 aromatic carbocycles. The molecule has 8 nitrogen and oxygen atoms in total. The van der Waals surface area contributed by atoms with Crippen LogP contribution in [0.1, 0.15) is 16.1 Å². The molecule has 0 aliphatic heterocycles. The van der Waals surface area contributed by atoms with E-state index in [0.717, 1.165) is 5.56 Å². The fourth-order valence-electron chi connectivity index (χ4n) is 2.57. The zero-order valence-electron chi connectivity index (χ0n) is 16.0. The Kier molecular flexibility index (Phi) is 6.71. The van der Waals surface area contributed by atoms with Crippen molar-refractivity contribution in [1.82, 2.24) is 5.32 Å². The van der Waals surface area contributed by atoms with Gasteiger partial charge in [-0.05, 0) is 55.0 Å². The fraction of sp³-hybridized carbons (Fsp3) is 0.0952. The molecule has 0 aliphatic rings. The van der Waals surface area contributed by atoms with Crippen LogP contribution in [0.3, 0.4) is 0 Å². The average molecular weight is 427 g/mol. The number of hydrogen-bond donors (Lipinski definition) is 4. The Hall–Kier alpha value is -3.78. The lowest BCUT2D eigenvalue weighted by Crippen LogP contribution is -2.35. The first-order valence-electron chi connectivity index (χ1n) is 8.96. The number of halogens is 1. The number of aryl methyl sites for hydroxylation is 1. The molecule has 0 atom stereocenters. The maximum absolute atomic E-state index is 12.3. The summed E-state index contributed by atoms with van der Waals surface area (Å²) in [7, 11) is 0. The van der Waals surface area contributed by atoms with Crippen LogP contribution < -0.4 is 21.3 Å². The summed E-state index contributed by atoms with van der Waals surface area (Å²) < 4.78 is 5.05. The summed E-state index contributed by atoms with van der Waals surface area (Å²) in [5.74, 6) is -0.861. The van der Waals surface area contributed by atoms with Crippen molar-refractivity contribution >= 4 is 46.5 Å². The van der Waals surface area contributed by atoms with Crippen LogP contribution in [-0.2, 0) is 4.79 Å². The van der Waals surface area contributed by atoms with Gasteiger partial charge in [0.25, 0.3) is 5.91 Å². The van der Waals surface area contributed by atoms with Crippen LogP contribution in [0, 0.1) is 6.92 Å². The maximum Gasteiger partial charge on any atom is 0.319 e. The van der Waals surface area contributed by atoms with Gasteiger partial charge in [-0.1, -0.05) is 23.7 Å². The lowest BCUT2D eigenvalue weighted by atomic mass is 10.2. The molecule has 4 amide bonds. The molecule has 0 saturated carbocycles. The predicted molar refractivity (Wildman–Crippen MR) is 115 cm³/mol. The monoisotopic (exact) mass is 426 g/mol. The number of nitrogens with one attached hydrogen (secondary N) is 4. The molecule has 0 fully saturated rings. The number of anilines is 3. The number of hydrogen-bond acceptors (Lipinski definition) is 4. The number of carbonyl (C=O) groups is 3. The molecule has 0 aliphatic carbocycles. The van der Waals surface area contributed by atoms with Crippen molar-refractivity contribution in [2.24, 2.45) is 0 Å². The third-order valence-electron chi connectivity index (χ3n) is 3.93. The Morgan fingerprint density at radius 3 is 2.50 bits per heavy atom. The van der Waals surface area contributed by atoms with Crippen molar-refractivity contribution in [2.75, 3.05) is 22.5 Å². The van der Waals surface area contributed by atoms with Crippen molar-refractivity contribution in [3.05, 3.63) is 77.2 Å². The van der Waals surface area contributed by atoms with Gasteiger partial charge in [-0.2, -0.15) is 0 Å². The van der Waals surface area contributed by atoms with Gasteiger partial charge in [0, 0.05) is 10.7 Å². The van der Waals surface area contributed by atoms with E-state index in [2.05, 4.69) is 21.3 Å². The molecule has 9 heteroatoms. The lowest BCUT2D eigenvalue weighted by molar-refractivity contribution is -0.115. The Bertz CT molecular complexity index is 1070. The van der Waals surface area contributed by atoms with Crippen LogP contribution in [0.25, 0.3) is 0 Å². The largest absolute Gasteiger partial charge is 0.459 e. The van der Waals surface area contributed by atoms with Gasteiger partial charge >= 0.3 is 6.03 Å². The highest BCUT2D eigenvalue weighted by Crippen LogP contribution is 2.26. The minimum atomic E-state index is -0.516. The van der Waals surface area contributed by atoms with Crippen molar-refractivity contribution < 1.29 is 18.8 Å². The summed E-state index contributed by atoms with van der Waals surface area (Å²) in [6.07, 6.45) is 1.38. The highest BCUT2D eigenvalue weighted by Gasteiger charge is 2.14. The van der Waals surface area contributed by atoms with Gasteiger partial charge in [0.15, 0.2) is 5.76 Å². The molecule has 3 rings (SSSR count). The molecule has 154 valence electrons. The molecule has 0 spiro atoms. The number of furan rings is 1. The summed E-state index contributed by atoms with van der Waals surface area (Å²) >= 11 is 6.00. The van der Waals surface area contributed by atoms with E-state index < -0.39 is 17.8 Å². The number of amides is 4. The van der Waals surface area contributed by atoms with Crippen LogP contribution in [0.15, 0.2) is 65.3 Å². The molecule has 4 N–H and O–H groups in total. The molecule has 0 saturated heterocycles. The Morgan fingerprint density at radius 1 is 0.933 bits per heavy atom. The smallest absolute Gasteiger partial charge is 0.319 e. The van der Waals surface area contributed by atoms with Crippen molar-refractivity contribution in [3.63, 3.8) is 0 Å². The number of urea groups is 1. The van der Waals surface area contributed by atoms with Crippen LogP contribution in [0.2, 0.25) is 5.02 Å². The van der Waals surface area contributed by atoms with Crippen molar-refractivity contribution in [3.8, 4) is 0 Å². The summed E-state index contributed by atoms with van der Waals surface area (Å²) in [6, 6.07) is 14.5. The van der Waals surface area contributed by atoms with Crippen LogP contribution in [-0.4, -0.2) is 24.4 Å². The zero-order valence-corrected chi connectivity index (χ0v) is 16.7. The van der Waals surface area contributed by atoms with E-state index >= 15 is 0 Å². The average Bonchev–Trinajstić information content (AvgIpc) is 3.23. The molecule has 3 aromatic rings. The third-order valence-corrected chi connectivity index (χ3v) is 4.17. The van der Waals surface area contributed by atoms with E-state index in [1.54, 1.807) is 30.3 Å². The zero-order chi connectivity index (χ0) is 21.5. The lowest BCUT2D eigenvalue weighted by Gasteiger charge is -2.13. The van der Waals surface area contributed by atoms with Crippen molar-refractivity contribution in [1.29, 1.82) is 0 Å². The molecule has 0 bridgehead atoms. The second-order valence-corrected chi connectivity index (χ2v) is 6.78. The minimum absolute atomic E-state index is 0.113. The molecular formula is C21H19ClN4O4. The summed E-state index contributed by atoms with van der Waals surface area (Å²) in [5.41, 5.74) is 2.23. The van der Waals surface area contributed by atoms with E-state index in [0.29, 0.717) is 22.1 Å². The SMILES string of the molecule is Cc1cccc(NC(=O)NCC(=O)Nc2ccc(Cl)cc2NC(=O)c2ccco2)c1. The Morgan fingerprint density at radius 2 is 1.77 bits per heavy atom. The summed E-state index contributed by atoms with van der Waals surface area (Å²) in [4.78, 5) is 36.5. The highest BCUT2D eigenvalue weighted by atomic mass is 35.5. The van der Waals surface area contributed by atoms with Gasteiger partial charge in [-0.3, -0.25) is 9.59 Å². The van der Waals surface area contributed by atoms with Gasteiger partial charge in [0.05, 0.1) is 24.2 Å². The Balaban J connectivity index is 1.58. The number of benzene rings is 2. The first kappa shape index (κ1) is 20.9. The fourth-order valence-corrected chi connectivity index (χ4v) is 2.75. The standard InChI is InChI=1S/C21H19ClN4O4/c1-13-4-2-5-15(10-13)24-21(29)23-12-19(27)25-16-8-7-14(22)11-17(16)26-20(28)18-6-3-9-30-18/h2-11H,12H2,1H3,(H,25,27)(H,26,28)(H2,23,24,29). The maximum atomic E-state index is 12.3. The third kappa shape index (κ3) is 5.86. The van der Waals surface area contributed by atoms with E-state index in [9.17, 15) is 14.4 Å². The quantitative estimate of drug-likeness (QED) is 0.471. The second kappa shape index (κ2) is 9.62. The molecule has 1 heterocycles. The normalized spacial score (nSPS) is 10.2. The predicted octanol–water partition coefficient (Wildman–Crippen LogP) is 4.25.